The molecule has 2 atom stereocenters. The molecule has 1 fully saturated rings. The molecule has 1 aromatic heterocycles. The number of sulfonamides is 1. The van der Waals surface area contributed by atoms with Crippen LogP contribution in [-0.4, -0.2) is 44.4 Å². The van der Waals surface area contributed by atoms with Crippen molar-refractivity contribution in [1.29, 1.82) is 0 Å². The predicted octanol–water partition coefficient (Wildman–Crippen LogP) is 2.05. The first-order valence-electron chi connectivity index (χ1n) is 8.55. The molecule has 2 heterocycles. The van der Waals surface area contributed by atoms with E-state index in [4.69, 9.17) is 0 Å². The molecule has 1 aliphatic heterocycles. The first-order chi connectivity index (χ1) is 12.4. The van der Waals surface area contributed by atoms with Gasteiger partial charge in [0.15, 0.2) is 0 Å². The Morgan fingerprint density at radius 2 is 2.12 bits per heavy atom. The Balaban J connectivity index is 1.77. The molecule has 8 heteroatoms. The molecule has 0 saturated carbocycles. The van der Waals surface area contributed by atoms with Gasteiger partial charge in [0.1, 0.15) is 0 Å². The summed E-state index contributed by atoms with van der Waals surface area (Å²) in [5, 5.41) is 5.24. The lowest BCUT2D eigenvalue weighted by atomic mass is 10.1. The lowest BCUT2D eigenvalue weighted by molar-refractivity contribution is 0.0602. The van der Waals surface area contributed by atoms with Gasteiger partial charge in [0.05, 0.1) is 4.90 Å². The van der Waals surface area contributed by atoms with Crippen molar-refractivity contribution in [3.8, 4) is 0 Å². The van der Waals surface area contributed by atoms with Crippen molar-refractivity contribution in [2.75, 3.05) is 13.1 Å². The number of carbonyl (C=O) groups is 1. The standard InChI is InChI=1S/C18H23N3O3S2/c1-13-14(2)21(9-8-19-13)18(22)15-5-3-7-17(11-15)26(23,24)20-12-16-6-4-10-25-16/h3-7,10-11,13-14,19-20H,8-9,12H2,1-2H3. The summed E-state index contributed by atoms with van der Waals surface area (Å²) in [6.07, 6.45) is 0. The fourth-order valence-electron chi connectivity index (χ4n) is 2.97. The first kappa shape index (κ1) is 19.0. The monoisotopic (exact) mass is 393 g/mol. The lowest BCUT2D eigenvalue weighted by Crippen LogP contribution is -2.57. The summed E-state index contributed by atoms with van der Waals surface area (Å²) in [5.74, 6) is -0.138. The average molecular weight is 394 g/mol. The van der Waals surface area contributed by atoms with Crippen molar-refractivity contribution < 1.29 is 13.2 Å². The van der Waals surface area contributed by atoms with Crippen molar-refractivity contribution in [3.63, 3.8) is 0 Å². The molecule has 1 amide bonds. The van der Waals surface area contributed by atoms with Gasteiger partial charge >= 0.3 is 0 Å². The van der Waals surface area contributed by atoms with Crippen LogP contribution in [0.3, 0.4) is 0 Å². The van der Waals surface area contributed by atoms with E-state index >= 15 is 0 Å². The molecule has 2 N–H and O–H groups in total. The topological polar surface area (TPSA) is 78.5 Å². The smallest absolute Gasteiger partial charge is 0.254 e. The van der Waals surface area contributed by atoms with E-state index in [-0.39, 0.29) is 29.4 Å². The second-order valence-electron chi connectivity index (χ2n) is 6.41. The maximum atomic E-state index is 12.9. The molecule has 3 rings (SSSR count). The minimum absolute atomic E-state index is 0.0495. The molecule has 1 aromatic carbocycles. The van der Waals surface area contributed by atoms with Crippen LogP contribution in [0.1, 0.15) is 29.1 Å². The molecule has 0 radical (unpaired) electrons. The molecule has 6 nitrogen and oxygen atoms in total. The van der Waals surface area contributed by atoms with Gasteiger partial charge in [-0.15, -0.1) is 11.3 Å². The van der Waals surface area contributed by atoms with E-state index in [1.807, 2.05) is 31.4 Å². The number of hydrogen-bond acceptors (Lipinski definition) is 5. The highest BCUT2D eigenvalue weighted by Gasteiger charge is 2.29. The van der Waals surface area contributed by atoms with Crippen LogP contribution >= 0.6 is 11.3 Å². The molecule has 0 bridgehead atoms. The van der Waals surface area contributed by atoms with Gasteiger partial charge in [-0.2, -0.15) is 0 Å². The van der Waals surface area contributed by atoms with Crippen LogP contribution in [0.4, 0.5) is 0 Å². The molecule has 0 aliphatic carbocycles. The van der Waals surface area contributed by atoms with E-state index in [9.17, 15) is 13.2 Å². The van der Waals surface area contributed by atoms with Crippen LogP contribution in [0.5, 0.6) is 0 Å². The maximum Gasteiger partial charge on any atom is 0.254 e. The molecule has 1 aliphatic rings. The van der Waals surface area contributed by atoms with Gasteiger partial charge in [0.25, 0.3) is 5.91 Å². The van der Waals surface area contributed by atoms with E-state index in [1.54, 1.807) is 17.0 Å². The van der Waals surface area contributed by atoms with Crippen LogP contribution in [0.25, 0.3) is 0 Å². The van der Waals surface area contributed by atoms with Crippen molar-refractivity contribution in [3.05, 3.63) is 52.2 Å². The van der Waals surface area contributed by atoms with E-state index in [1.165, 1.54) is 23.5 Å². The third-order valence-corrected chi connectivity index (χ3v) is 6.98. The number of amides is 1. The second-order valence-corrected chi connectivity index (χ2v) is 9.21. The number of nitrogens with zero attached hydrogens (tertiary/aromatic N) is 1. The van der Waals surface area contributed by atoms with E-state index in [0.717, 1.165) is 11.4 Å². The molecule has 0 spiro atoms. The zero-order valence-electron chi connectivity index (χ0n) is 14.8. The molecular formula is C18H23N3O3S2. The van der Waals surface area contributed by atoms with Crippen LogP contribution in [-0.2, 0) is 16.6 Å². The minimum atomic E-state index is -3.67. The molecule has 2 unspecified atom stereocenters. The van der Waals surface area contributed by atoms with Gasteiger partial charge in [-0.25, -0.2) is 13.1 Å². The fourth-order valence-corrected chi connectivity index (χ4v) is 4.76. The minimum Gasteiger partial charge on any atom is -0.333 e. The summed E-state index contributed by atoms with van der Waals surface area (Å²) in [7, 11) is -3.67. The zero-order chi connectivity index (χ0) is 18.7. The lowest BCUT2D eigenvalue weighted by Gasteiger charge is -2.38. The number of nitrogens with one attached hydrogen (secondary N) is 2. The molecule has 26 heavy (non-hydrogen) atoms. The van der Waals surface area contributed by atoms with E-state index < -0.39 is 10.0 Å². The Kier molecular flexibility index (Phi) is 5.76. The highest BCUT2D eigenvalue weighted by molar-refractivity contribution is 7.89. The summed E-state index contributed by atoms with van der Waals surface area (Å²) >= 11 is 1.49. The van der Waals surface area contributed by atoms with Crippen LogP contribution in [0.2, 0.25) is 0 Å². The Morgan fingerprint density at radius 1 is 1.31 bits per heavy atom. The Labute approximate surface area is 158 Å². The summed E-state index contributed by atoms with van der Waals surface area (Å²) in [5.41, 5.74) is 0.393. The predicted molar refractivity (Wildman–Crippen MR) is 103 cm³/mol. The quantitative estimate of drug-likeness (QED) is 0.815. The number of rotatable bonds is 5. The summed E-state index contributed by atoms with van der Waals surface area (Å²) in [6, 6.07) is 10.3. The van der Waals surface area contributed by atoms with E-state index in [2.05, 4.69) is 10.0 Å². The Hall–Kier alpha value is -1.74. The maximum absolute atomic E-state index is 12.9. The number of piperazine rings is 1. The second kappa shape index (κ2) is 7.87. The van der Waals surface area contributed by atoms with Gasteiger partial charge in [-0.3, -0.25) is 4.79 Å². The van der Waals surface area contributed by atoms with E-state index in [0.29, 0.717) is 12.1 Å². The van der Waals surface area contributed by atoms with Crippen LogP contribution < -0.4 is 10.0 Å². The summed E-state index contributed by atoms with van der Waals surface area (Å²) < 4.78 is 27.7. The first-order valence-corrected chi connectivity index (χ1v) is 10.9. The Morgan fingerprint density at radius 3 is 2.85 bits per heavy atom. The van der Waals surface area contributed by atoms with Crippen LogP contribution in [0.15, 0.2) is 46.7 Å². The normalized spacial score (nSPS) is 20.9. The van der Waals surface area contributed by atoms with Crippen LogP contribution in [0, 0.1) is 0 Å². The number of hydrogen-bond donors (Lipinski definition) is 2. The number of thiophene rings is 1. The number of benzene rings is 1. The third-order valence-electron chi connectivity index (χ3n) is 4.70. The van der Waals surface area contributed by atoms with Gasteiger partial charge in [0.2, 0.25) is 10.0 Å². The highest BCUT2D eigenvalue weighted by Crippen LogP contribution is 2.18. The summed E-state index contributed by atoms with van der Waals surface area (Å²) in [6.45, 7) is 5.62. The highest BCUT2D eigenvalue weighted by atomic mass is 32.2. The van der Waals surface area contributed by atoms with Crippen molar-refractivity contribution >= 4 is 27.3 Å². The fraction of sp³-hybridized carbons (Fsp3) is 0.389. The molecular weight excluding hydrogens is 370 g/mol. The van der Waals surface area contributed by atoms with Gasteiger partial charge in [0, 0.05) is 42.2 Å². The van der Waals surface area contributed by atoms with Gasteiger partial charge in [-0.05, 0) is 43.5 Å². The van der Waals surface area contributed by atoms with Crippen molar-refractivity contribution in [2.45, 2.75) is 37.4 Å². The molecule has 2 aromatic rings. The van der Waals surface area contributed by atoms with Gasteiger partial charge < -0.3 is 10.2 Å². The van der Waals surface area contributed by atoms with Crippen molar-refractivity contribution in [1.82, 2.24) is 14.9 Å². The third kappa shape index (κ3) is 4.15. The molecule has 140 valence electrons. The SMILES string of the molecule is CC1NCCN(C(=O)c2cccc(S(=O)(=O)NCc3cccs3)c2)C1C. The molecule has 1 saturated heterocycles. The number of carbonyl (C=O) groups excluding carboxylic acids is 1. The summed E-state index contributed by atoms with van der Waals surface area (Å²) in [4.78, 5) is 15.7. The van der Waals surface area contributed by atoms with Crippen molar-refractivity contribution in [2.24, 2.45) is 0 Å². The largest absolute Gasteiger partial charge is 0.333 e. The zero-order valence-corrected chi connectivity index (χ0v) is 16.4. The average Bonchev–Trinajstić information content (AvgIpc) is 3.16. The van der Waals surface area contributed by atoms with Gasteiger partial charge in [-0.1, -0.05) is 12.1 Å². The Bertz CT molecular complexity index is 866.